The Hall–Kier alpha value is -2.44. The van der Waals surface area contributed by atoms with E-state index >= 15 is 0 Å². The molecule has 1 fully saturated rings. The maximum Gasteiger partial charge on any atom is 0.137 e. The van der Waals surface area contributed by atoms with Crippen LogP contribution in [0.3, 0.4) is 0 Å². The van der Waals surface area contributed by atoms with E-state index in [-0.39, 0.29) is 5.75 Å². The van der Waals surface area contributed by atoms with Gasteiger partial charge in [-0.15, -0.1) is 21.5 Å². The van der Waals surface area contributed by atoms with Crippen molar-refractivity contribution in [1.82, 2.24) is 10.2 Å². The second-order valence-electron chi connectivity index (χ2n) is 6.77. The van der Waals surface area contributed by atoms with Crippen molar-refractivity contribution in [2.45, 2.75) is 25.7 Å². The number of hydrogen-bond donors (Lipinski definition) is 1. The average Bonchev–Trinajstić information content (AvgIpc) is 3.29. The van der Waals surface area contributed by atoms with Crippen LogP contribution >= 0.6 is 11.3 Å². The van der Waals surface area contributed by atoms with Crippen LogP contribution in [0, 0.1) is 6.92 Å². The lowest BCUT2D eigenvalue weighted by Crippen LogP contribution is -2.13. The maximum atomic E-state index is 10.7. The van der Waals surface area contributed by atoms with Gasteiger partial charge in [0, 0.05) is 18.8 Å². The Bertz CT molecular complexity index is 1110. The third-order valence-corrected chi connectivity index (χ3v) is 6.13. The molecule has 0 aliphatic carbocycles. The predicted octanol–water partition coefficient (Wildman–Crippen LogP) is 5.01. The van der Waals surface area contributed by atoms with Crippen molar-refractivity contribution in [3.8, 4) is 17.0 Å². The first-order valence-corrected chi connectivity index (χ1v) is 9.63. The number of phenolic OH excluding ortho intramolecular Hbond substituents is 1. The molecule has 1 aliphatic rings. The highest BCUT2D eigenvalue weighted by Crippen LogP contribution is 2.41. The largest absolute Gasteiger partial charge is 0.506 e. The second kappa shape index (κ2) is 6.07. The van der Waals surface area contributed by atoms with Crippen molar-refractivity contribution in [3.63, 3.8) is 0 Å². The van der Waals surface area contributed by atoms with Gasteiger partial charge in [-0.1, -0.05) is 0 Å². The number of phenols is 1. The molecule has 4 heterocycles. The molecule has 0 spiro atoms. The Morgan fingerprint density at radius 2 is 2.04 bits per heavy atom. The van der Waals surface area contributed by atoms with E-state index in [1.165, 1.54) is 5.56 Å². The summed E-state index contributed by atoms with van der Waals surface area (Å²) in [4.78, 5) is 0. The third-order valence-electron chi connectivity index (χ3n) is 5.19. The lowest BCUT2D eigenvalue weighted by atomic mass is 9.93. The fourth-order valence-corrected chi connectivity index (χ4v) is 4.82. The van der Waals surface area contributed by atoms with Crippen molar-refractivity contribution >= 4 is 32.5 Å². The fourth-order valence-electron chi connectivity index (χ4n) is 3.81. The van der Waals surface area contributed by atoms with E-state index in [4.69, 9.17) is 9.15 Å². The Morgan fingerprint density at radius 3 is 2.88 bits per heavy atom. The number of rotatable bonds is 2. The van der Waals surface area contributed by atoms with Crippen molar-refractivity contribution in [3.05, 3.63) is 41.0 Å². The molecule has 5 rings (SSSR count). The predicted molar refractivity (Wildman–Crippen MR) is 102 cm³/mol. The smallest absolute Gasteiger partial charge is 0.137 e. The SMILES string of the molecule is Cc1cc2occc2c(O)c1-c1cc2scc(C3CCOCC3)c2nn1. The molecule has 26 heavy (non-hydrogen) atoms. The zero-order valence-electron chi connectivity index (χ0n) is 14.4. The van der Waals surface area contributed by atoms with Gasteiger partial charge in [-0.3, -0.25) is 0 Å². The molecule has 4 aromatic rings. The number of aromatic hydroxyl groups is 1. The quantitative estimate of drug-likeness (QED) is 0.540. The Morgan fingerprint density at radius 1 is 1.19 bits per heavy atom. The minimum Gasteiger partial charge on any atom is -0.506 e. The summed E-state index contributed by atoms with van der Waals surface area (Å²) in [6.45, 7) is 3.57. The number of hydrogen-bond acceptors (Lipinski definition) is 6. The number of aryl methyl sites for hydroxylation is 1. The molecule has 0 atom stereocenters. The molecule has 1 aromatic carbocycles. The van der Waals surface area contributed by atoms with E-state index in [1.807, 2.05) is 19.1 Å². The van der Waals surface area contributed by atoms with Crippen molar-refractivity contribution in [2.24, 2.45) is 0 Å². The standard InChI is InChI=1S/C20H18N2O3S/c1-11-8-16-13(4-7-25-16)20(23)18(11)15-9-17-19(22-21-15)14(10-26-17)12-2-5-24-6-3-12/h4,7-10,12,23H,2-3,5-6H2,1H3. The van der Waals surface area contributed by atoms with Crippen LogP contribution in [-0.2, 0) is 4.74 Å². The Kier molecular flexibility index (Phi) is 3.69. The summed E-state index contributed by atoms with van der Waals surface area (Å²) >= 11 is 1.69. The van der Waals surface area contributed by atoms with Crippen LogP contribution < -0.4 is 0 Å². The highest BCUT2D eigenvalue weighted by molar-refractivity contribution is 7.17. The summed E-state index contributed by atoms with van der Waals surface area (Å²) in [5, 5.41) is 22.6. The summed E-state index contributed by atoms with van der Waals surface area (Å²) in [5.74, 6) is 0.693. The Balaban J connectivity index is 1.62. The number of aromatic nitrogens is 2. The first-order valence-electron chi connectivity index (χ1n) is 8.75. The topological polar surface area (TPSA) is 68.4 Å². The second-order valence-corrected chi connectivity index (χ2v) is 7.68. The minimum absolute atomic E-state index is 0.198. The summed E-state index contributed by atoms with van der Waals surface area (Å²) < 4.78 is 12.0. The van der Waals surface area contributed by atoms with Gasteiger partial charge in [-0.2, -0.15) is 0 Å². The van der Waals surface area contributed by atoms with Crippen molar-refractivity contribution < 1.29 is 14.3 Å². The van der Waals surface area contributed by atoms with Gasteiger partial charge in [-0.05, 0) is 60.4 Å². The molecule has 132 valence electrons. The van der Waals surface area contributed by atoms with E-state index in [9.17, 15) is 5.11 Å². The molecule has 0 amide bonds. The highest BCUT2D eigenvalue weighted by atomic mass is 32.1. The van der Waals surface area contributed by atoms with E-state index < -0.39 is 0 Å². The van der Waals surface area contributed by atoms with Crippen molar-refractivity contribution in [1.29, 1.82) is 0 Å². The number of ether oxygens (including phenoxy) is 1. The van der Waals surface area contributed by atoms with Gasteiger partial charge >= 0.3 is 0 Å². The molecule has 5 nitrogen and oxygen atoms in total. The van der Waals surface area contributed by atoms with Crippen LogP contribution in [0.1, 0.15) is 29.9 Å². The molecule has 1 N–H and O–H groups in total. The molecule has 6 heteroatoms. The van der Waals surface area contributed by atoms with E-state index in [0.717, 1.165) is 41.8 Å². The van der Waals surface area contributed by atoms with Crippen LogP contribution in [0.4, 0.5) is 0 Å². The molecular weight excluding hydrogens is 348 g/mol. The monoisotopic (exact) mass is 366 g/mol. The minimum atomic E-state index is 0.198. The van der Waals surface area contributed by atoms with Gasteiger partial charge < -0.3 is 14.3 Å². The Labute approximate surface area is 154 Å². The number of furan rings is 1. The van der Waals surface area contributed by atoms with Crippen LogP contribution in [0.25, 0.3) is 32.4 Å². The van der Waals surface area contributed by atoms with Gasteiger partial charge in [0.2, 0.25) is 0 Å². The molecule has 0 radical (unpaired) electrons. The molecule has 3 aromatic heterocycles. The first-order chi connectivity index (χ1) is 12.7. The lowest BCUT2D eigenvalue weighted by Gasteiger charge is -2.21. The number of nitrogens with zero attached hydrogens (tertiary/aromatic N) is 2. The molecule has 0 unspecified atom stereocenters. The molecule has 0 saturated carbocycles. The molecular formula is C20H18N2O3S. The normalized spacial score (nSPS) is 15.9. The van der Waals surface area contributed by atoms with Crippen LogP contribution in [0.5, 0.6) is 5.75 Å². The summed E-state index contributed by atoms with van der Waals surface area (Å²) in [6.07, 6.45) is 3.65. The summed E-state index contributed by atoms with van der Waals surface area (Å²) in [5.41, 5.74) is 5.26. The average molecular weight is 366 g/mol. The van der Waals surface area contributed by atoms with Gasteiger partial charge in [0.05, 0.1) is 22.0 Å². The van der Waals surface area contributed by atoms with Crippen LogP contribution in [0.15, 0.2) is 34.3 Å². The van der Waals surface area contributed by atoms with Crippen molar-refractivity contribution in [2.75, 3.05) is 13.2 Å². The zero-order valence-corrected chi connectivity index (χ0v) is 15.2. The van der Waals surface area contributed by atoms with Gasteiger partial charge in [-0.25, -0.2) is 0 Å². The van der Waals surface area contributed by atoms with Gasteiger partial charge in [0.25, 0.3) is 0 Å². The molecule has 1 aliphatic heterocycles. The van der Waals surface area contributed by atoms with Crippen LogP contribution in [-0.4, -0.2) is 28.5 Å². The lowest BCUT2D eigenvalue weighted by molar-refractivity contribution is 0.0856. The molecule has 0 bridgehead atoms. The van der Waals surface area contributed by atoms with E-state index in [0.29, 0.717) is 28.1 Å². The number of thiophene rings is 1. The van der Waals surface area contributed by atoms with Gasteiger partial charge in [0.15, 0.2) is 0 Å². The van der Waals surface area contributed by atoms with Gasteiger partial charge in [0.1, 0.15) is 16.8 Å². The van der Waals surface area contributed by atoms with E-state index in [2.05, 4.69) is 15.6 Å². The number of fused-ring (bicyclic) bond motifs is 2. The van der Waals surface area contributed by atoms with Crippen LogP contribution in [0.2, 0.25) is 0 Å². The zero-order chi connectivity index (χ0) is 17.7. The van der Waals surface area contributed by atoms with E-state index in [1.54, 1.807) is 23.7 Å². The highest BCUT2D eigenvalue weighted by Gasteiger charge is 2.22. The summed E-state index contributed by atoms with van der Waals surface area (Å²) in [7, 11) is 0. The summed E-state index contributed by atoms with van der Waals surface area (Å²) in [6, 6.07) is 5.73. The number of benzene rings is 1. The molecule has 1 saturated heterocycles. The maximum absolute atomic E-state index is 10.7. The first kappa shape index (κ1) is 15.8. The fraction of sp³-hybridized carbons (Fsp3) is 0.300. The third kappa shape index (κ3) is 2.40.